The molecule has 0 aliphatic heterocycles. The van der Waals surface area contributed by atoms with Crippen LogP contribution in [0.3, 0.4) is 0 Å². The number of nitrogens with zero attached hydrogens (tertiary/aromatic N) is 2. The minimum absolute atomic E-state index is 0.113. The lowest BCUT2D eigenvalue weighted by Crippen LogP contribution is -2.29. The van der Waals surface area contributed by atoms with Crippen LogP contribution in [0.4, 0.5) is 0 Å². The van der Waals surface area contributed by atoms with E-state index in [9.17, 15) is 9.59 Å². The number of aromatic nitrogens is 1. The largest absolute Gasteiger partial charge is 0.482 e. The lowest BCUT2D eigenvalue weighted by Gasteiger charge is -2.16. The molecule has 1 amide bonds. The summed E-state index contributed by atoms with van der Waals surface area (Å²) in [5, 5.41) is 0. The Morgan fingerprint density at radius 1 is 1.29 bits per heavy atom. The Morgan fingerprint density at radius 3 is 2.57 bits per heavy atom. The van der Waals surface area contributed by atoms with E-state index < -0.39 is 0 Å². The third kappa shape index (κ3) is 5.05. The van der Waals surface area contributed by atoms with Gasteiger partial charge in [0.15, 0.2) is 6.61 Å². The number of rotatable bonds is 5. The van der Waals surface area contributed by atoms with Crippen LogP contribution in [0.1, 0.15) is 29.7 Å². The number of carbonyl (C=O) groups is 1. The first kappa shape index (κ1) is 20.2. The van der Waals surface area contributed by atoms with Crippen molar-refractivity contribution in [2.75, 3.05) is 20.7 Å². The number of benzene rings is 1. The van der Waals surface area contributed by atoms with Gasteiger partial charge in [-0.1, -0.05) is 24.0 Å². The second-order valence-electron chi connectivity index (χ2n) is 7.17. The van der Waals surface area contributed by atoms with Crippen molar-refractivity contribution in [2.24, 2.45) is 5.92 Å². The summed E-state index contributed by atoms with van der Waals surface area (Å²) in [6.45, 7) is 2.19. The average Bonchev–Trinajstić information content (AvgIpc) is 3.50. The molecule has 0 unspecified atom stereocenters. The lowest BCUT2D eigenvalue weighted by atomic mass is 10.1. The molecule has 6 heteroatoms. The van der Waals surface area contributed by atoms with Crippen molar-refractivity contribution in [3.05, 3.63) is 62.0 Å². The summed E-state index contributed by atoms with van der Waals surface area (Å²) in [4.78, 5) is 25.9. The van der Waals surface area contributed by atoms with Gasteiger partial charge in [-0.3, -0.25) is 9.59 Å². The predicted molar refractivity (Wildman–Crippen MR) is 112 cm³/mol. The Balaban J connectivity index is 1.75. The molecular weight excluding hydrogens is 420 g/mol. The topological polar surface area (TPSA) is 51.5 Å². The van der Waals surface area contributed by atoms with Gasteiger partial charge in [-0.15, -0.1) is 0 Å². The third-order valence-corrected chi connectivity index (χ3v) is 5.29. The molecule has 0 bridgehead atoms. The second kappa shape index (κ2) is 8.66. The van der Waals surface area contributed by atoms with Crippen molar-refractivity contribution in [2.45, 2.75) is 26.3 Å². The molecule has 0 saturated heterocycles. The number of ether oxygens (including phenoxy) is 1. The fourth-order valence-electron chi connectivity index (χ4n) is 2.57. The van der Waals surface area contributed by atoms with Gasteiger partial charge in [-0.25, -0.2) is 0 Å². The second-order valence-corrected chi connectivity index (χ2v) is 7.97. The first-order chi connectivity index (χ1) is 13.3. The van der Waals surface area contributed by atoms with Crippen LogP contribution >= 0.6 is 15.9 Å². The Hall–Kier alpha value is -2.52. The maximum atomic E-state index is 12.8. The van der Waals surface area contributed by atoms with Gasteiger partial charge in [0.2, 0.25) is 0 Å². The highest BCUT2D eigenvalue weighted by molar-refractivity contribution is 9.10. The molecule has 1 aromatic carbocycles. The van der Waals surface area contributed by atoms with Crippen molar-refractivity contribution in [3.8, 4) is 17.6 Å². The quantitative estimate of drug-likeness (QED) is 0.668. The van der Waals surface area contributed by atoms with Crippen LogP contribution in [0.2, 0.25) is 0 Å². The Morgan fingerprint density at radius 2 is 1.96 bits per heavy atom. The summed E-state index contributed by atoms with van der Waals surface area (Å²) in [5.41, 5.74) is 2.59. The number of likely N-dealkylation sites (N-methyl/N-ethyl adjacent to an activating group) is 1. The maximum absolute atomic E-state index is 12.8. The molecule has 0 radical (unpaired) electrons. The first-order valence-electron chi connectivity index (χ1n) is 9.18. The van der Waals surface area contributed by atoms with E-state index in [1.165, 1.54) is 17.7 Å². The van der Waals surface area contributed by atoms with Crippen LogP contribution in [0.15, 0.2) is 39.6 Å². The van der Waals surface area contributed by atoms with Crippen LogP contribution < -0.4 is 10.3 Å². The molecule has 0 atom stereocenters. The fraction of sp³-hybridized carbons (Fsp3) is 0.364. The highest BCUT2D eigenvalue weighted by Gasteiger charge is 2.17. The highest BCUT2D eigenvalue weighted by atomic mass is 79.9. The minimum atomic E-state index is -0.190. The molecular formula is C22H23BrN2O3. The predicted octanol–water partition coefficient (Wildman–Crippen LogP) is 3.20. The van der Waals surface area contributed by atoms with Gasteiger partial charge in [0.25, 0.3) is 11.5 Å². The van der Waals surface area contributed by atoms with E-state index in [0.717, 1.165) is 16.8 Å². The van der Waals surface area contributed by atoms with E-state index in [4.69, 9.17) is 4.74 Å². The third-order valence-electron chi connectivity index (χ3n) is 4.56. The van der Waals surface area contributed by atoms with Gasteiger partial charge < -0.3 is 14.2 Å². The van der Waals surface area contributed by atoms with E-state index >= 15 is 0 Å². The van der Waals surface area contributed by atoms with E-state index in [1.807, 2.05) is 31.2 Å². The lowest BCUT2D eigenvalue weighted by molar-refractivity contribution is -0.130. The van der Waals surface area contributed by atoms with Crippen LogP contribution in [0.5, 0.6) is 5.75 Å². The van der Waals surface area contributed by atoms with Crippen molar-refractivity contribution < 1.29 is 9.53 Å². The molecule has 1 fully saturated rings. The Bertz CT molecular complexity index is 993. The van der Waals surface area contributed by atoms with Crippen molar-refractivity contribution in [1.29, 1.82) is 0 Å². The van der Waals surface area contributed by atoms with E-state index in [2.05, 4.69) is 27.8 Å². The molecule has 3 rings (SSSR count). The zero-order valence-electron chi connectivity index (χ0n) is 16.3. The Labute approximate surface area is 173 Å². The first-order valence-corrected chi connectivity index (χ1v) is 9.98. The molecule has 146 valence electrons. The highest BCUT2D eigenvalue weighted by Crippen LogP contribution is 2.27. The van der Waals surface area contributed by atoms with Crippen LogP contribution in [-0.4, -0.2) is 36.1 Å². The average molecular weight is 443 g/mol. The number of hydrogen-bond acceptors (Lipinski definition) is 3. The van der Waals surface area contributed by atoms with E-state index in [-0.39, 0.29) is 18.1 Å². The molecule has 28 heavy (non-hydrogen) atoms. The van der Waals surface area contributed by atoms with Gasteiger partial charge in [-0.2, -0.15) is 0 Å². The van der Waals surface area contributed by atoms with Crippen LogP contribution in [0.25, 0.3) is 0 Å². The van der Waals surface area contributed by atoms with Gasteiger partial charge in [0.1, 0.15) is 10.2 Å². The van der Waals surface area contributed by atoms with Crippen LogP contribution in [-0.2, 0) is 11.3 Å². The number of hydrogen-bond donors (Lipinski definition) is 0. The van der Waals surface area contributed by atoms with Gasteiger partial charge in [-0.05, 0) is 53.4 Å². The number of pyridine rings is 1. The smallest absolute Gasteiger partial charge is 0.269 e. The van der Waals surface area contributed by atoms with Gasteiger partial charge >= 0.3 is 0 Å². The summed E-state index contributed by atoms with van der Waals surface area (Å²) in [6, 6.07) is 9.74. The zero-order chi connectivity index (χ0) is 20.3. The monoisotopic (exact) mass is 442 g/mol. The fourth-order valence-corrected chi connectivity index (χ4v) is 3.02. The molecule has 1 aliphatic rings. The number of amides is 1. The van der Waals surface area contributed by atoms with Crippen molar-refractivity contribution in [3.63, 3.8) is 0 Å². The number of carbonyl (C=O) groups excluding carboxylic acids is 1. The molecule has 1 heterocycles. The summed E-state index contributed by atoms with van der Waals surface area (Å²) >= 11 is 3.32. The standard InChI is InChI=1S/C22H23BrN2O3/c1-15-12-19(28-14-20(26)24(2)3)21(23)22(27)25(15)13-18-10-8-17(9-11-18)7-6-16-4-5-16/h8-12,16H,4-5,13-14H2,1-3H3. The Kier molecular flexibility index (Phi) is 6.25. The summed E-state index contributed by atoms with van der Waals surface area (Å²) < 4.78 is 7.52. The molecule has 5 nitrogen and oxygen atoms in total. The number of aryl methyl sites for hydroxylation is 1. The van der Waals surface area contributed by atoms with Crippen LogP contribution in [0, 0.1) is 24.7 Å². The van der Waals surface area contributed by atoms with Crippen molar-refractivity contribution in [1.82, 2.24) is 9.47 Å². The normalized spacial score (nSPS) is 12.9. The summed E-state index contributed by atoms with van der Waals surface area (Å²) in [7, 11) is 3.32. The molecule has 0 N–H and O–H groups in total. The molecule has 2 aromatic rings. The molecule has 0 spiro atoms. The summed E-state index contributed by atoms with van der Waals surface area (Å²) in [5.74, 6) is 7.23. The number of halogens is 1. The SMILES string of the molecule is Cc1cc(OCC(=O)N(C)C)c(Br)c(=O)n1Cc1ccc(C#CC2CC2)cc1. The minimum Gasteiger partial charge on any atom is -0.482 e. The van der Waals surface area contributed by atoms with Crippen molar-refractivity contribution >= 4 is 21.8 Å². The van der Waals surface area contributed by atoms with Gasteiger partial charge in [0.05, 0.1) is 6.54 Å². The molecule has 1 aliphatic carbocycles. The van der Waals surface area contributed by atoms with E-state index in [0.29, 0.717) is 22.7 Å². The maximum Gasteiger partial charge on any atom is 0.269 e. The van der Waals surface area contributed by atoms with E-state index in [1.54, 1.807) is 24.7 Å². The molecule has 1 aromatic heterocycles. The zero-order valence-corrected chi connectivity index (χ0v) is 17.9. The molecule has 1 saturated carbocycles. The van der Waals surface area contributed by atoms with Gasteiger partial charge in [0, 0.05) is 37.3 Å². The summed E-state index contributed by atoms with van der Waals surface area (Å²) in [6.07, 6.45) is 2.43.